The summed E-state index contributed by atoms with van der Waals surface area (Å²) < 4.78 is 11.0. The van der Waals surface area contributed by atoms with Crippen molar-refractivity contribution in [2.75, 3.05) is 24.3 Å². The van der Waals surface area contributed by atoms with Crippen LogP contribution >= 0.6 is 0 Å². The molecule has 0 saturated heterocycles. The predicted octanol–water partition coefficient (Wildman–Crippen LogP) is 4.28. The number of nitrogens with one attached hydrogen (secondary N) is 3. The summed E-state index contributed by atoms with van der Waals surface area (Å²) in [6.07, 6.45) is 3.29. The molecule has 2 unspecified atom stereocenters. The first-order valence-electron chi connectivity index (χ1n) is 12.5. The van der Waals surface area contributed by atoms with E-state index in [4.69, 9.17) is 19.7 Å². The van der Waals surface area contributed by atoms with Crippen molar-refractivity contribution >= 4 is 24.0 Å². The number of benzene rings is 1. The molecule has 0 aliphatic heterocycles. The SMILES string of the molecule is CNc1nc(NC(=O)OC2CCCC(NCc3cccc(-c4cccc(C#N)c4)n3)C2)ccc1OCC=O. The van der Waals surface area contributed by atoms with Crippen LogP contribution < -0.4 is 20.7 Å². The first-order chi connectivity index (χ1) is 18.6. The maximum Gasteiger partial charge on any atom is 0.413 e. The van der Waals surface area contributed by atoms with Crippen molar-refractivity contribution in [1.29, 1.82) is 5.26 Å². The van der Waals surface area contributed by atoms with Crippen LogP contribution in [0.5, 0.6) is 5.75 Å². The van der Waals surface area contributed by atoms with Crippen LogP contribution in [0.3, 0.4) is 0 Å². The Morgan fingerprint density at radius 1 is 1.16 bits per heavy atom. The van der Waals surface area contributed by atoms with E-state index < -0.39 is 6.09 Å². The number of nitriles is 1. The molecule has 1 aliphatic rings. The zero-order valence-corrected chi connectivity index (χ0v) is 21.1. The fourth-order valence-corrected chi connectivity index (χ4v) is 4.39. The Hall–Kier alpha value is -4.49. The Morgan fingerprint density at radius 2 is 2.03 bits per heavy atom. The Labute approximate surface area is 221 Å². The molecule has 0 spiro atoms. The molecule has 196 valence electrons. The quantitative estimate of drug-likeness (QED) is 0.338. The second-order valence-electron chi connectivity index (χ2n) is 8.87. The molecule has 1 aromatic carbocycles. The smallest absolute Gasteiger partial charge is 0.413 e. The number of aldehydes is 1. The summed E-state index contributed by atoms with van der Waals surface area (Å²) in [4.78, 5) is 32.1. The number of rotatable bonds is 10. The van der Waals surface area contributed by atoms with Crippen molar-refractivity contribution in [3.63, 3.8) is 0 Å². The minimum Gasteiger partial charge on any atom is -0.482 e. The molecule has 3 N–H and O–H groups in total. The lowest BCUT2D eigenvalue weighted by Gasteiger charge is -2.29. The summed E-state index contributed by atoms with van der Waals surface area (Å²) >= 11 is 0. The van der Waals surface area contributed by atoms with Gasteiger partial charge in [-0.1, -0.05) is 18.2 Å². The van der Waals surface area contributed by atoms with Gasteiger partial charge in [0.2, 0.25) is 0 Å². The van der Waals surface area contributed by atoms with Crippen LogP contribution in [-0.4, -0.2) is 48.1 Å². The highest BCUT2D eigenvalue weighted by atomic mass is 16.6. The molecule has 10 heteroatoms. The van der Waals surface area contributed by atoms with Crippen molar-refractivity contribution in [2.45, 2.75) is 44.4 Å². The Morgan fingerprint density at radius 3 is 2.84 bits per heavy atom. The number of carbonyl (C=O) groups excluding carboxylic acids is 2. The maximum absolute atomic E-state index is 12.5. The van der Waals surface area contributed by atoms with E-state index in [9.17, 15) is 9.59 Å². The number of hydrogen-bond donors (Lipinski definition) is 3. The fourth-order valence-electron chi connectivity index (χ4n) is 4.39. The molecule has 3 aromatic rings. The monoisotopic (exact) mass is 514 g/mol. The zero-order valence-electron chi connectivity index (χ0n) is 21.1. The van der Waals surface area contributed by atoms with Crippen molar-refractivity contribution in [3.8, 4) is 23.1 Å². The molecule has 38 heavy (non-hydrogen) atoms. The molecular formula is C28H30N6O4. The first-order valence-corrected chi connectivity index (χ1v) is 12.5. The number of hydrogen-bond acceptors (Lipinski definition) is 9. The van der Waals surface area contributed by atoms with Gasteiger partial charge in [0, 0.05) is 25.2 Å². The van der Waals surface area contributed by atoms with Crippen molar-refractivity contribution in [2.24, 2.45) is 0 Å². The van der Waals surface area contributed by atoms with E-state index in [1.54, 1.807) is 25.2 Å². The van der Waals surface area contributed by atoms with Crippen LogP contribution in [-0.2, 0) is 16.1 Å². The summed E-state index contributed by atoms with van der Waals surface area (Å²) in [5.74, 6) is 1.13. The van der Waals surface area contributed by atoms with Gasteiger partial charge in [-0.15, -0.1) is 0 Å². The molecular weight excluding hydrogens is 484 g/mol. The van der Waals surface area contributed by atoms with Gasteiger partial charge in [0.15, 0.2) is 17.9 Å². The van der Waals surface area contributed by atoms with E-state index in [1.165, 1.54) is 0 Å². The minimum absolute atomic E-state index is 0.0836. The highest BCUT2D eigenvalue weighted by Gasteiger charge is 2.25. The molecule has 2 aromatic heterocycles. The molecule has 10 nitrogen and oxygen atoms in total. The van der Waals surface area contributed by atoms with Crippen LogP contribution in [0.1, 0.15) is 36.9 Å². The van der Waals surface area contributed by atoms with E-state index in [0.717, 1.165) is 36.2 Å². The van der Waals surface area contributed by atoms with Gasteiger partial charge in [0.05, 0.1) is 23.0 Å². The molecule has 2 heterocycles. The van der Waals surface area contributed by atoms with Gasteiger partial charge in [-0.2, -0.15) is 5.26 Å². The molecule has 1 fully saturated rings. The van der Waals surface area contributed by atoms with Crippen LogP contribution in [0.25, 0.3) is 11.3 Å². The van der Waals surface area contributed by atoms with Crippen molar-refractivity contribution < 1.29 is 19.1 Å². The Kier molecular flexibility index (Phi) is 9.21. The zero-order chi connectivity index (χ0) is 26.7. The molecule has 0 radical (unpaired) electrons. The van der Waals surface area contributed by atoms with Crippen LogP contribution in [0.15, 0.2) is 54.6 Å². The van der Waals surface area contributed by atoms with E-state index >= 15 is 0 Å². The average Bonchev–Trinajstić information content (AvgIpc) is 2.95. The lowest BCUT2D eigenvalue weighted by atomic mass is 9.93. The van der Waals surface area contributed by atoms with E-state index in [1.807, 2.05) is 36.4 Å². The summed E-state index contributed by atoms with van der Waals surface area (Å²) in [5, 5.41) is 18.2. The summed E-state index contributed by atoms with van der Waals surface area (Å²) in [6.45, 7) is 0.504. The van der Waals surface area contributed by atoms with Gasteiger partial charge >= 0.3 is 6.09 Å². The molecule has 1 aliphatic carbocycles. The van der Waals surface area contributed by atoms with Gasteiger partial charge in [0.25, 0.3) is 0 Å². The van der Waals surface area contributed by atoms with E-state index in [-0.39, 0.29) is 18.8 Å². The fraction of sp³-hybridized carbons (Fsp3) is 0.321. The van der Waals surface area contributed by atoms with Crippen LogP contribution in [0.2, 0.25) is 0 Å². The third-order valence-corrected chi connectivity index (χ3v) is 6.20. The second kappa shape index (κ2) is 13.2. The largest absolute Gasteiger partial charge is 0.482 e. The number of amides is 1. The normalized spacial score (nSPS) is 16.6. The third kappa shape index (κ3) is 7.27. The lowest BCUT2D eigenvalue weighted by Crippen LogP contribution is -2.38. The highest BCUT2D eigenvalue weighted by molar-refractivity contribution is 5.84. The lowest BCUT2D eigenvalue weighted by molar-refractivity contribution is -0.109. The number of aromatic nitrogens is 2. The van der Waals surface area contributed by atoms with Gasteiger partial charge in [-0.05, 0) is 62.1 Å². The number of ether oxygens (including phenoxy) is 2. The highest BCUT2D eigenvalue weighted by Crippen LogP contribution is 2.25. The third-order valence-electron chi connectivity index (χ3n) is 6.20. The standard InChI is InChI=1S/C28H30N6O4/c1-30-27-25(37-14-13-35)11-12-26(33-27)34-28(36)38-23-9-3-7-21(16-23)31-18-22-8-4-10-24(32-22)20-6-2-5-19(15-20)17-29/h2,4-6,8,10-13,15,21,23,31H,3,7,9,14,16,18H2,1H3,(H2,30,33,34,36). The van der Waals surface area contributed by atoms with Gasteiger partial charge in [-0.25, -0.2) is 9.78 Å². The molecule has 0 bridgehead atoms. The molecule has 1 saturated carbocycles. The Bertz CT molecular complexity index is 1310. The van der Waals surface area contributed by atoms with Crippen molar-refractivity contribution in [3.05, 3.63) is 65.9 Å². The first kappa shape index (κ1) is 26.6. The minimum atomic E-state index is -0.569. The number of pyridine rings is 2. The maximum atomic E-state index is 12.5. The molecule has 1 amide bonds. The van der Waals surface area contributed by atoms with Crippen molar-refractivity contribution in [1.82, 2.24) is 15.3 Å². The topological polar surface area (TPSA) is 138 Å². The van der Waals surface area contributed by atoms with Crippen LogP contribution in [0.4, 0.5) is 16.4 Å². The van der Waals surface area contributed by atoms with E-state index in [0.29, 0.717) is 42.2 Å². The summed E-state index contributed by atoms with van der Waals surface area (Å²) in [5.41, 5.74) is 3.23. The van der Waals surface area contributed by atoms with Crippen LogP contribution in [0, 0.1) is 11.3 Å². The van der Waals surface area contributed by atoms with Gasteiger partial charge < -0.3 is 20.1 Å². The molecule has 4 rings (SSSR count). The average molecular weight is 515 g/mol. The summed E-state index contributed by atoms with van der Waals surface area (Å²) in [7, 11) is 1.67. The number of nitrogens with zero attached hydrogens (tertiary/aromatic N) is 3. The Balaban J connectivity index is 1.29. The van der Waals surface area contributed by atoms with Gasteiger partial charge in [0.1, 0.15) is 18.5 Å². The predicted molar refractivity (Wildman–Crippen MR) is 143 cm³/mol. The number of carbonyl (C=O) groups is 2. The number of anilines is 2. The molecule has 2 atom stereocenters. The van der Waals surface area contributed by atoms with E-state index in [2.05, 4.69) is 27.0 Å². The summed E-state index contributed by atoms with van der Waals surface area (Å²) in [6, 6.07) is 18.8. The second-order valence-corrected chi connectivity index (χ2v) is 8.87. The van der Waals surface area contributed by atoms with Gasteiger partial charge in [-0.3, -0.25) is 15.1 Å².